The summed E-state index contributed by atoms with van der Waals surface area (Å²) >= 11 is 3.50. The number of thiol groups is 1. The van der Waals surface area contributed by atoms with Crippen molar-refractivity contribution in [1.82, 2.24) is 5.32 Å². The predicted molar refractivity (Wildman–Crippen MR) is 41.6 cm³/mol. The van der Waals surface area contributed by atoms with Crippen LogP contribution in [0.2, 0.25) is 0 Å². The van der Waals surface area contributed by atoms with Crippen molar-refractivity contribution in [1.29, 1.82) is 0 Å². The number of carbonyl (C=O) groups is 1. The van der Waals surface area contributed by atoms with E-state index in [1.807, 2.05) is 6.08 Å². The molecule has 0 aromatic rings. The number of unbranched alkanes of at least 4 members (excludes halogenated alkanes) is 1. The first kappa shape index (κ1) is 8.56. The highest BCUT2D eigenvalue weighted by molar-refractivity contribution is 7.96. The fourth-order valence-corrected chi connectivity index (χ4v) is 0.455. The van der Waals surface area contributed by atoms with E-state index in [4.69, 9.17) is 0 Å². The van der Waals surface area contributed by atoms with Crippen LogP contribution >= 0.6 is 12.6 Å². The second-order valence-electron chi connectivity index (χ2n) is 1.64. The minimum Gasteiger partial charge on any atom is -0.324 e. The molecule has 0 spiro atoms. The van der Waals surface area contributed by atoms with Gasteiger partial charge in [0.25, 0.3) is 5.24 Å². The normalized spacial score (nSPS) is 10.0. The van der Waals surface area contributed by atoms with Gasteiger partial charge in [0.15, 0.2) is 0 Å². The molecule has 0 aliphatic carbocycles. The summed E-state index contributed by atoms with van der Waals surface area (Å²) in [6, 6.07) is 0. The van der Waals surface area contributed by atoms with E-state index < -0.39 is 0 Å². The first-order valence-electron chi connectivity index (χ1n) is 2.92. The van der Waals surface area contributed by atoms with Crippen molar-refractivity contribution in [2.24, 2.45) is 0 Å². The Bertz CT molecular complexity index is 112. The topological polar surface area (TPSA) is 29.1 Å². The summed E-state index contributed by atoms with van der Waals surface area (Å²) < 4.78 is 0. The lowest BCUT2D eigenvalue weighted by Gasteiger charge is -1.87. The number of carbonyl (C=O) groups excluding carboxylic acids is 1. The third kappa shape index (κ3) is 7.56. The van der Waals surface area contributed by atoms with Gasteiger partial charge in [-0.15, -0.1) is 0 Å². The van der Waals surface area contributed by atoms with Gasteiger partial charge in [0, 0.05) is 6.20 Å². The van der Waals surface area contributed by atoms with Crippen LogP contribution in [-0.2, 0) is 0 Å². The van der Waals surface area contributed by atoms with Crippen molar-refractivity contribution in [3.63, 3.8) is 0 Å². The van der Waals surface area contributed by atoms with Gasteiger partial charge in [-0.25, -0.2) is 0 Å². The van der Waals surface area contributed by atoms with E-state index in [0.29, 0.717) is 0 Å². The zero-order valence-electron chi connectivity index (χ0n) is 5.42. The molecule has 0 aliphatic rings. The third-order valence-electron chi connectivity index (χ3n) is 0.780. The molecule has 0 bridgehead atoms. The van der Waals surface area contributed by atoms with Crippen molar-refractivity contribution >= 4 is 17.9 Å². The van der Waals surface area contributed by atoms with Crippen LogP contribution in [0.4, 0.5) is 4.79 Å². The van der Waals surface area contributed by atoms with Gasteiger partial charge in [-0.05, 0) is 6.42 Å². The summed E-state index contributed by atoms with van der Waals surface area (Å²) in [6.45, 7) is 2.08. The van der Waals surface area contributed by atoms with E-state index in [1.54, 1.807) is 6.20 Å². The summed E-state index contributed by atoms with van der Waals surface area (Å²) in [7, 11) is 0. The van der Waals surface area contributed by atoms with Crippen molar-refractivity contribution in [3.05, 3.63) is 12.3 Å². The average molecular weight is 145 g/mol. The quantitative estimate of drug-likeness (QED) is 0.584. The minimum atomic E-state index is -0.317. The maximum absolute atomic E-state index is 10.1. The monoisotopic (exact) mass is 145 g/mol. The van der Waals surface area contributed by atoms with E-state index in [-0.39, 0.29) is 5.24 Å². The van der Waals surface area contributed by atoms with Crippen LogP contribution in [0.3, 0.4) is 0 Å². The molecule has 9 heavy (non-hydrogen) atoms. The van der Waals surface area contributed by atoms with E-state index in [1.165, 1.54) is 0 Å². The maximum atomic E-state index is 10.1. The maximum Gasteiger partial charge on any atom is 0.279 e. The number of allylic oxidation sites excluding steroid dienone is 1. The Hall–Kier alpha value is -0.440. The number of hydrogen-bond acceptors (Lipinski definition) is 1. The molecule has 0 rings (SSSR count). The Morgan fingerprint density at radius 1 is 1.78 bits per heavy atom. The molecule has 0 saturated heterocycles. The van der Waals surface area contributed by atoms with Gasteiger partial charge in [0.05, 0.1) is 0 Å². The summed E-state index contributed by atoms with van der Waals surface area (Å²) in [5.74, 6) is 0. The lowest BCUT2D eigenvalue weighted by atomic mass is 10.3. The second-order valence-corrected chi connectivity index (χ2v) is 2.05. The molecule has 0 aliphatic heterocycles. The molecule has 2 nitrogen and oxygen atoms in total. The smallest absolute Gasteiger partial charge is 0.279 e. The molecule has 0 aromatic carbocycles. The highest BCUT2D eigenvalue weighted by Gasteiger charge is 1.81. The Kier molecular flexibility index (Phi) is 5.41. The van der Waals surface area contributed by atoms with Crippen molar-refractivity contribution in [2.45, 2.75) is 19.8 Å². The van der Waals surface area contributed by atoms with E-state index in [0.717, 1.165) is 12.8 Å². The lowest BCUT2D eigenvalue weighted by molar-refractivity contribution is 0.263. The summed E-state index contributed by atoms with van der Waals surface area (Å²) in [5, 5.41) is 2.11. The summed E-state index contributed by atoms with van der Waals surface area (Å²) in [5.41, 5.74) is 0. The predicted octanol–water partition coefficient (Wildman–Crippen LogP) is 1.94. The molecular weight excluding hydrogens is 134 g/mol. The van der Waals surface area contributed by atoms with E-state index >= 15 is 0 Å². The van der Waals surface area contributed by atoms with Crippen LogP contribution < -0.4 is 5.32 Å². The Morgan fingerprint density at radius 2 is 2.44 bits per heavy atom. The Balaban J connectivity index is 3.14. The number of nitrogens with one attached hydrogen (secondary N) is 1. The van der Waals surface area contributed by atoms with Crippen molar-refractivity contribution in [2.75, 3.05) is 0 Å². The van der Waals surface area contributed by atoms with Gasteiger partial charge in [-0.2, -0.15) is 0 Å². The highest BCUT2D eigenvalue weighted by atomic mass is 32.1. The largest absolute Gasteiger partial charge is 0.324 e. The van der Waals surface area contributed by atoms with Crippen LogP contribution in [0.5, 0.6) is 0 Å². The second kappa shape index (κ2) is 5.69. The number of hydrogen-bond donors (Lipinski definition) is 2. The van der Waals surface area contributed by atoms with Crippen LogP contribution in [-0.4, -0.2) is 5.24 Å². The molecule has 0 heterocycles. The zero-order chi connectivity index (χ0) is 7.11. The van der Waals surface area contributed by atoms with Crippen LogP contribution in [0.1, 0.15) is 19.8 Å². The molecular formula is C6H11NOS. The molecule has 0 radical (unpaired) electrons. The summed E-state index contributed by atoms with van der Waals surface area (Å²) in [4.78, 5) is 10.1. The summed E-state index contributed by atoms with van der Waals surface area (Å²) in [6.07, 6.45) is 5.60. The lowest BCUT2D eigenvalue weighted by Crippen LogP contribution is -2.06. The van der Waals surface area contributed by atoms with Gasteiger partial charge >= 0.3 is 0 Å². The first-order valence-corrected chi connectivity index (χ1v) is 3.36. The number of rotatable bonds is 3. The zero-order valence-corrected chi connectivity index (χ0v) is 6.32. The minimum absolute atomic E-state index is 0.317. The molecule has 0 aromatic heterocycles. The van der Waals surface area contributed by atoms with Gasteiger partial charge in [-0.1, -0.05) is 32.0 Å². The first-order chi connectivity index (χ1) is 4.27. The van der Waals surface area contributed by atoms with Gasteiger partial charge in [0.1, 0.15) is 0 Å². The van der Waals surface area contributed by atoms with Gasteiger partial charge in [0.2, 0.25) is 0 Å². The average Bonchev–Trinajstić information content (AvgIpc) is 1.80. The van der Waals surface area contributed by atoms with Crippen LogP contribution in [0.25, 0.3) is 0 Å². The Labute approximate surface area is 60.7 Å². The van der Waals surface area contributed by atoms with Crippen molar-refractivity contribution < 1.29 is 4.79 Å². The van der Waals surface area contributed by atoms with Crippen LogP contribution in [0.15, 0.2) is 12.3 Å². The molecule has 0 unspecified atom stereocenters. The molecule has 0 fully saturated rings. The molecule has 3 heteroatoms. The van der Waals surface area contributed by atoms with Crippen molar-refractivity contribution in [3.8, 4) is 0 Å². The van der Waals surface area contributed by atoms with Gasteiger partial charge < -0.3 is 5.32 Å². The van der Waals surface area contributed by atoms with Crippen LogP contribution in [0, 0.1) is 0 Å². The molecule has 52 valence electrons. The molecule has 0 saturated carbocycles. The molecule has 1 N–H and O–H groups in total. The van der Waals surface area contributed by atoms with E-state index in [2.05, 4.69) is 24.9 Å². The SMILES string of the molecule is CCC/C=C/NC(=O)S. The molecule has 1 amide bonds. The van der Waals surface area contributed by atoms with E-state index in [9.17, 15) is 4.79 Å². The fourth-order valence-electron chi connectivity index (χ4n) is 0.380. The molecule has 0 atom stereocenters. The number of amides is 1. The highest BCUT2D eigenvalue weighted by Crippen LogP contribution is 1.86. The fraction of sp³-hybridized carbons (Fsp3) is 0.500. The van der Waals surface area contributed by atoms with Gasteiger partial charge in [-0.3, -0.25) is 4.79 Å². The standard InChI is InChI=1S/C6H11NOS/c1-2-3-4-5-7-6(8)9/h4-5H,2-3H2,1H3,(H2,7,8,9)/b5-4+. The Morgan fingerprint density at radius 3 is 2.89 bits per heavy atom. The third-order valence-corrected chi connectivity index (χ3v) is 0.909.